The second-order valence-electron chi connectivity index (χ2n) is 8.19. The van der Waals surface area contributed by atoms with Crippen molar-refractivity contribution in [3.63, 3.8) is 0 Å². The smallest absolute Gasteiger partial charge is 0.160 e. The van der Waals surface area contributed by atoms with E-state index in [1.54, 1.807) is 30.9 Å². The number of hydrazone groups is 1. The van der Waals surface area contributed by atoms with Crippen LogP contribution in [0.3, 0.4) is 0 Å². The van der Waals surface area contributed by atoms with Crippen LogP contribution in [0, 0.1) is 0 Å². The van der Waals surface area contributed by atoms with Crippen LogP contribution in [-0.4, -0.2) is 15.8 Å². The molecule has 2 aromatic carbocycles. The van der Waals surface area contributed by atoms with E-state index in [2.05, 4.69) is 80.4 Å². The van der Waals surface area contributed by atoms with E-state index in [1.165, 1.54) is 0 Å². The van der Waals surface area contributed by atoms with Crippen LogP contribution in [0.2, 0.25) is 0 Å². The van der Waals surface area contributed by atoms with Crippen LogP contribution in [0.4, 0.5) is 17.1 Å². The lowest BCUT2D eigenvalue weighted by molar-refractivity contribution is 0.987. The fraction of sp³-hybridized carbons (Fsp3) is 0.0645. The summed E-state index contributed by atoms with van der Waals surface area (Å²) < 4.78 is 0. The molecule has 4 rings (SSSR count). The molecule has 0 aliphatic rings. The first-order chi connectivity index (χ1) is 18.2. The maximum absolute atomic E-state index is 5.87. The molecule has 2 aromatic heterocycles. The van der Waals surface area contributed by atoms with Gasteiger partial charge in [-0.1, -0.05) is 61.2 Å². The lowest BCUT2D eigenvalue weighted by Crippen LogP contribution is -2.32. The predicted octanol–water partition coefficient (Wildman–Crippen LogP) is 6.69. The number of amidine groups is 1. The first-order valence-corrected chi connectivity index (χ1v) is 12.0. The first-order valence-electron chi connectivity index (χ1n) is 12.0. The number of hydrogen-bond donors (Lipinski definition) is 2. The van der Waals surface area contributed by atoms with Crippen molar-refractivity contribution in [2.45, 2.75) is 13.5 Å². The molecule has 4 aromatic rings. The highest BCUT2D eigenvalue weighted by Gasteiger charge is 2.17. The van der Waals surface area contributed by atoms with Gasteiger partial charge < -0.3 is 16.1 Å². The van der Waals surface area contributed by atoms with Gasteiger partial charge in [-0.3, -0.25) is 9.97 Å². The number of pyridine rings is 2. The van der Waals surface area contributed by atoms with Gasteiger partial charge in [-0.15, -0.1) is 0 Å². The highest BCUT2D eigenvalue weighted by Crippen LogP contribution is 2.28. The van der Waals surface area contributed by atoms with E-state index in [0.717, 1.165) is 39.3 Å². The topological polar surface area (TPSA) is 79.4 Å². The summed E-state index contributed by atoms with van der Waals surface area (Å²) in [5, 5.41) is 7.69. The molecule has 0 aliphatic heterocycles. The Morgan fingerprint density at radius 2 is 1.62 bits per heavy atom. The largest absolute Gasteiger partial charge is 0.355 e. The monoisotopic (exact) mass is 486 g/mol. The Hall–Kier alpha value is -4.97. The molecule has 0 unspecified atom stereocenters. The number of nitrogens with two attached hydrogens (primary N) is 1. The number of hydrogen-bond acceptors (Lipinski definition) is 5. The molecule has 0 spiro atoms. The van der Waals surface area contributed by atoms with Crippen molar-refractivity contribution >= 4 is 28.5 Å². The average Bonchev–Trinajstić information content (AvgIpc) is 2.96. The third-order valence-corrected chi connectivity index (χ3v) is 5.83. The van der Waals surface area contributed by atoms with Crippen molar-refractivity contribution in [3.8, 4) is 0 Å². The highest BCUT2D eigenvalue weighted by molar-refractivity contribution is 6.09. The summed E-state index contributed by atoms with van der Waals surface area (Å²) in [5.41, 5.74) is 7.21. The number of benzene rings is 2. The van der Waals surface area contributed by atoms with Crippen LogP contribution in [0.1, 0.15) is 23.6 Å². The second-order valence-corrected chi connectivity index (χ2v) is 8.19. The Morgan fingerprint density at radius 3 is 2.27 bits per heavy atom. The second kappa shape index (κ2) is 12.7. The minimum atomic E-state index is 0.578. The van der Waals surface area contributed by atoms with E-state index in [4.69, 9.17) is 5.84 Å². The maximum Gasteiger partial charge on any atom is 0.160 e. The van der Waals surface area contributed by atoms with Gasteiger partial charge in [-0.05, 0) is 60.5 Å². The molecule has 2 heterocycles. The van der Waals surface area contributed by atoms with E-state index >= 15 is 0 Å². The minimum Gasteiger partial charge on any atom is -0.355 e. The van der Waals surface area contributed by atoms with E-state index < -0.39 is 0 Å². The summed E-state index contributed by atoms with van der Waals surface area (Å²) in [6.07, 6.45) is 14.9. The number of anilines is 3. The molecule has 6 nitrogen and oxygen atoms in total. The van der Waals surface area contributed by atoms with E-state index in [-0.39, 0.29) is 0 Å². The Morgan fingerprint density at radius 1 is 0.946 bits per heavy atom. The van der Waals surface area contributed by atoms with Crippen molar-refractivity contribution in [2.75, 3.05) is 10.2 Å². The molecular formula is C31H30N6. The van der Waals surface area contributed by atoms with Crippen LogP contribution in [0.25, 0.3) is 5.57 Å². The Labute approximate surface area is 218 Å². The van der Waals surface area contributed by atoms with Gasteiger partial charge in [0.05, 0.1) is 0 Å². The van der Waals surface area contributed by atoms with Crippen molar-refractivity contribution in [1.29, 1.82) is 0 Å². The van der Waals surface area contributed by atoms with Crippen molar-refractivity contribution in [1.82, 2.24) is 9.97 Å². The van der Waals surface area contributed by atoms with Crippen molar-refractivity contribution in [3.05, 3.63) is 145 Å². The van der Waals surface area contributed by atoms with E-state index in [9.17, 15) is 0 Å². The molecule has 3 N–H and O–H groups in total. The molecule has 6 heteroatoms. The normalized spacial score (nSPS) is 11.9. The van der Waals surface area contributed by atoms with Gasteiger partial charge in [0, 0.05) is 59.5 Å². The molecule has 0 radical (unpaired) electrons. The Balaban J connectivity index is 1.58. The van der Waals surface area contributed by atoms with Gasteiger partial charge in [-0.25, -0.2) is 0 Å². The predicted molar refractivity (Wildman–Crippen MR) is 155 cm³/mol. The standard InChI is InChI=1S/C31H30N6/c1-3-5-8-25(4-2)29-9-6-7-10-30(29)35-27-13-11-24(12-14-27)23-37(28-17-21-34-22-18-28)31(36-32)26-15-19-33-20-16-26/h3-22,35H,1,23,32H2,2H3/b8-5-,25-4+,36-31-. The lowest BCUT2D eigenvalue weighted by Gasteiger charge is -2.26. The molecule has 0 atom stereocenters. The quantitative estimate of drug-likeness (QED) is 0.0905. The molecule has 0 aliphatic carbocycles. The maximum atomic E-state index is 5.87. The van der Waals surface area contributed by atoms with Gasteiger partial charge in [-0.2, -0.15) is 5.10 Å². The third-order valence-electron chi connectivity index (χ3n) is 5.83. The van der Waals surface area contributed by atoms with Gasteiger partial charge in [0.25, 0.3) is 0 Å². The SMILES string of the molecule is C=C/C=C\C(=C/C)c1ccccc1Nc1ccc(CN(/C(=N\N)c2ccncc2)c2ccncc2)cc1. The van der Waals surface area contributed by atoms with Crippen LogP contribution < -0.4 is 16.1 Å². The number of rotatable bonds is 9. The number of nitrogens with zero attached hydrogens (tertiary/aromatic N) is 4. The minimum absolute atomic E-state index is 0.578. The van der Waals surface area contributed by atoms with Gasteiger partial charge in [0.2, 0.25) is 0 Å². The summed E-state index contributed by atoms with van der Waals surface area (Å²) in [5.74, 6) is 6.52. The summed E-state index contributed by atoms with van der Waals surface area (Å²) in [6, 6.07) is 24.3. The zero-order valence-corrected chi connectivity index (χ0v) is 20.8. The molecule has 0 bridgehead atoms. The molecular weight excluding hydrogens is 456 g/mol. The molecule has 0 saturated heterocycles. The molecule has 0 amide bonds. The highest BCUT2D eigenvalue weighted by atomic mass is 15.3. The van der Waals surface area contributed by atoms with E-state index in [1.807, 2.05) is 49.4 Å². The van der Waals surface area contributed by atoms with E-state index in [0.29, 0.717) is 12.4 Å². The van der Waals surface area contributed by atoms with Gasteiger partial charge in [0.1, 0.15) is 0 Å². The molecule has 0 saturated carbocycles. The third kappa shape index (κ3) is 6.38. The summed E-state index contributed by atoms with van der Waals surface area (Å²) in [7, 11) is 0. The van der Waals surface area contributed by atoms with Crippen molar-refractivity contribution in [2.24, 2.45) is 10.9 Å². The first kappa shape index (κ1) is 25.1. The van der Waals surface area contributed by atoms with Gasteiger partial charge in [0.15, 0.2) is 5.84 Å². The van der Waals surface area contributed by atoms with Crippen LogP contribution in [0.5, 0.6) is 0 Å². The van der Waals surface area contributed by atoms with Crippen LogP contribution in [-0.2, 0) is 6.54 Å². The number of para-hydroxylation sites is 1. The molecule has 37 heavy (non-hydrogen) atoms. The van der Waals surface area contributed by atoms with Gasteiger partial charge >= 0.3 is 0 Å². The Bertz CT molecular complexity index is 1390. The fourth-order valence-corrected chi connectivity index (χ4v) is 4.00. The van der Waals surface area contributed by atoms with Crippen LogP contribution in [0.15, 0.2) is 134 Å². The lowest BCUT2D eigenvalue weighted by atomic mass is 10.0. The van der Waals surface area contributed by atoms with Crippen LogP contribution >= 0.6 is 0 Å². The van der Waals surface area contributed by atoms with Crippen molar-refractivity contribution < 1.29 is 0 Å². The molecule has 0 fully saturated rings. The fourth-order valence-electron chi connectivity index (χ4n) is 4.00. The average molecular weight is 487 g/mol. The zero-order valence-electron chi connectivity index (χ0n) is 20.8. The Kier molecular flexibility index (Phi) is 8.59. The number of aromatic nitrogens is 2. The number of nitrogens with one attached hydrogen (secondary N) is 1. The number of allylic oxidation sites excluding steroid dienone is 5. The summed E-state index contributed by atoms with van der Waals surface area (Å²) in [6.45, 7) is 6.39. The zero-order chi connectivity index (χ0) is 25.9. The summed E-state index contributed by atoms with van der Waals surface area (Å²) in [4.78, 5) is 10.3. The molecule has 184 valence electrons. The summed E-state index contributed by atoms with van der Waals surface area (Å²) >= 11 is 0.